The topological polar surface area (TPSA) is 98.8 Å². The highest BCUT2D eigenvalue weighted by Gasteiger charge is 2.22. The van der Waals surface area contributed by atoms with Crippen LogP contribution in [0.2, 0.25) is 0 Å². The van der Waals surface area contributed by atoms with Crippen molar-refractivity contribution in [1.82, 2.24) is 4.72 Å². The number of hydrogen-bond donors (Lipinski definition) is 1. The Morgan fingerprint density at radius 2 is 1.81 bits per heavy atom. The van der Waals surface area contributed by atoms with Gasteiger partial charge in [0.05, 0.1) is 18.2 Å². The molecule has 0 saturated heterocycles. The summed E-state index contributed by atoms with van der Waals surface area (Å²) in [6.45, 7) is -0.848. The highest BCUT2D eigenvalue weighted by atomic mass is 32.2. The van der Waals surface area contributed by atoms with Crippen LogP contribution < -0.4 is 9.46 Å². The Bertz CT molecular complexity index is 991. The Kier molecular flexibility index (Phi) is 6.24. The number of halogens is 2. The van der Waals surface area contributed by atoms with E-state index in [0.29, 0.717) is 6.07 Å². The summed E-state index contributed by atoms with van der Waals surface area (Å²) < 4.78 is 62.5. The van der Waals surface area contributed by atoms with Gasteiger partial charge in [0, 0.05) is 0 Å². The number of hydrogen-bond acceptors (Lipinski definition) is 6. The minimum Gasteiger partial charge on any atom is -0.495 e. The molecule has 1 N–H and O–H groups in total. The lowest BCUT2D eigenvalue weighted by Crippen LogP contribution is -2.20. The van der Waals surface area contributed by atoms with E-state index in [9.17, 15) is 26.8 Å². The Morgan fingerprint density at radius 3 is 2.44 bits per heavy atom. The predicted molar refractivity (Wildman–Crippen MR) is 90.2 cm³/mol. The van der Waals surface area contributed by atoms with Crippen molar-refractivity contribution in [3.63, 3.8) is 0 Å². The molecule has 7 nitrogen and oxygen atoms in total. The van der Waals surface area contributed by atoms with E-state index in [0.717, 1.165) is 18.2 Å². The average molecular weight is 399 g/mol. The van der Waals surface area contributed by atoms with Gasteiger partial charge in [0.25, 0.3) is 0 Å². The first-order chi connectivity index (χ1) is 12.7. The van der Waals surface area contributed by atoms with Gasteiger partial charge in [-0.3, -0.25) is 4.79 Å². The van der Waals surface area contributed by atoms with Crippen molar-refractivity contribution in [2.24, 2.45) is 0 Å². The van der Waals surface area contributed by atoms with Crippen LogP contribution in [0, 0.1) is 11.6 Å². The van der Waals surface area contributed by atoms with Crippen molar-refractivity contribution in [3.8, 4) is 5.75 Å². The number of rotatable bonds is 7. The summed E-state index contributed by atoms with van der Waals surface area (Å²) in [4.78, 5) is 23.7. The first-order valence-corrected chi connectivity index (χ1v) is 8.95. The van der Waals surface area contributed by atoms with Gasteiger partial charge in [0.2, 0.25) is 15.8 Å². The zero-order valence-corrected chi connectivity index (χ0v) is 15.1. The Labute approximate surface area is 154 Å². The second kappa shape index (κ2) is 8.23. The first kappa shape index (κ1) is 20.5. The maximum Gasteiger partial charge on any atom is 0.338 e. The van der Waals surface area contributed by atoms with Crippen LogP contribution in [0.15, 0.2) is 41.3 Å². The molecule has 2 rings (SSSR count). The van der Waals surface area contributed by atoms with Crippen molar-refractivity contribution >= 4 is 21.8 Å². The lowest BCUT2D eigenvalue weighted by atomic mass is 10.1. The number of nitrogens with one attached hydrogen (secondary N) is 1. The quantitative estimate of drug-likeness (QED) is 0.564. The standard InChI is InChI=1S/C17H15F2NO6S/c1-20-27(23,24)16-7-10(3-6-15(16)25-2)17(22)26-9-14(21)12-8-11(18)4-5-13(12)19/h3-8,20H,9H2,1-2H3. The highest BCUT2D eigenvalue weighted by molar-refractivity contribution is 7.89. The molecule has 0 radical (unpaired) electrons. The molecule has 0 atom stereocenters. The molecule has 10 heteroatoms. The van der Waals surface area contributed by atoms with Crippen molar-refractivity contribution in [2.45, 2.75) is 4.90 Å². The van der Waals surface area contributed by atoms with Gasteiger partial charge in [-0.2, -0.15) is 0 Å². The van der Waals surface area contributed by atoms with Crippen LogP contribution in [0.5, 0.6) is 5.75 Å². The number of ketones is 1. The van der Waals surface area contributed by atoms with E-state index in [4.69, 9.17) is 9.47 Å². The van der Waals surface area contributed by atoms with Crippen molar-refractivity contribution in [1.29, 1.82) is 0 Å². The third kappa shape index (κ3) is 4.66. The smallest absolute Gasteiger partial charge is 0.338 e. The molecule has 0 bridgehead atoms. The van der Waals surface area contributed by atoms with E-state index in [-0.39, 0.29) is 16.2 Å². The fourth-order valence-electron chi connectivity index (χ4n) is 2.13. The van der Waals surface area contributed by atoms with E-state index in [2.05, 4.69) is 4.72 Å². The third-order valence-corrected chi connectivity index (χ3v) is 4.96. The number of methoxy groups -OCH3 is 1. The summed E-state index contributed by atoms with van der Waals surface area (Å²) in [6.07, 6.45) is 0. The second-order valence-electron chi connectivity index (χ2n) is 5.20. The molecule has 144 valence electrons. The van der Waals surface area contributed by atoms with Crippen molar-refractivity contribution in [2.75, 3.05) is 20.8 Å². The van der Waals surface area contributed by atoms with E-state index >= 15 is 0 Å². The van der Waals surface area contributed by atoms with Crippen LogP contribution in [-0.4, -0.2) is 40.9 Å². The molecule has 0 aliphatic heterocycles. The second-order valence-corrected chi connectivity index (χ2v) is 7.05. The molecule has 0 amide bonds. The predicted octanol–water partition coefficient (Wildman–Crippen LogP) is 1.92. The summed E-state index contributed by atoms with van der Waals surface area (Å²) in [7, 11) is -1.48. The Hall–Kier alpha value is -2.85. The summed E-state index contributed by atoms with van der Waals surface area (Å²) in [6, 6.07) is 5.82. The van der Waals surface area contributed by atoms with Gasteiger partial charge in [-0.25, -0.2) is 26.7 Å². The summed E-state index contributed by atoms with van der Waals surface area (Å²) in [5.74, 6) is -3.74. The molecule has 0 aliphatic rings. The van der Waals surface area contributed by atoms with E-state index < -0.39 is 45.6 Å². The Balaban J connectivity index is 2.20. The molecule has 0 saturated carbocycles. The average Bonchev–Trinajstić information content (AvgIpc) is 2.67. The fraction of sp³-hybridized carbons (Fsp3) is 0.176. The number of benzene rings is 2. The zero-order valence-electron chi connectivity index (χ0n) is 14.3. The number of sulfonamides is 1. The van der Waals surface area contributed by atoms with Crippen molar-refractivity contribution in [3.05, 3.63) is 59.2 Å². The van der Waals surface area contributed by atoms with Crippen LogP contribution in [0.4, 0.5) is 8.78 Å². The van der Waals surface area contributed by atoms with Gasteiger partial charge in [-0.05, 0) is 43.4 Å². The Morgan fingerprint density at radius 1 is 1.11 bits per heavy atom. The van der Waals surface area contributed by atoms with Crippen LogP contribution in [0.3, 0.4) is 0 Å². The van der Waals surface area contributed by atoms with E-state index in [1.165, 1.54) is 26.3 Å². The molecule has 27 heavy (non-hydrogen) atoms. The van der Waals surface area contributed by atoms with Gasteiger partial charge >= 0.3 is 5.97 Å². The number of Topliss-reactive ketones (excluding diaryl/α,β-unsaturated/α-hetero) is 1. The lowest BCUT2D eigenvalue weighted by Gasteiger charge is -2.11. The van der Waals surface area contributed by atoms with E-state index in [1.807, 2.05) is 0 Å². The third-order valence-electron chi connectivity index (χ3n) is 3.52. The molecular formula is C17H15F2NO6S. The van der Waals surface area contributed by atoms with Gasteiger partial charge < -0.3 is 9.47 Å². The summed E-state index contributed by atoms with van der Waals surface area (Å²) in [5, 5.41) is 0. The number of esters is 1. The number of ether oxygens (including phenoxy) is 2. The minimum absolute atomic E-state index is 0.00110. The van der Waals surface area contributed by atoms with Crippen LogP contribution >= 0.6 is 0 Å². The molecule has 0 aromatic heterocycles. The maximum absolute atomic E-state index is 13.6. The fourth-order valence-corrected chi connectivity index (χ4v) is 3.05. The highest BCUT2D eigenvalue weighted by Crippen LogP contribution is 2.25. The van der Waals surface area contributed by atoms with Crippen molar-refractivity contribution < 1.29 is 36.3 Å². The van der Waals surface area contributed by atoms with Crippen LogP contribution in [0.25, 0.3) is 0 Å². The molecule has 0 spiro atoms. The number of carbonyl (C=O) groups excluding carboxylic acids is 2. The normalized spacial score (nSPS) is 11.1. The number of carbonyl (C=O) groups is 2. The SMILES string of the molecule is CNS(=O)(=O)c1cc(C(=O)OCC(=O)c2cc(F)ccc2F)ccc1OC. The zero-order chi connectivity index (χ0) is 20.2. The molecule has 2 aromatic carbocycles. The van der Waals surface area contributed by atoms with Gasteiger partial charge in [0.1, 0.15) is 22.3 Å². The monoisotopic (exact) mass is 399 g/mol. The molecule has 2 aromatic rings. The maximum atomic E-state index is 13.6. The van der Waals surface area contributed by atoms with Gasteiger partial charge in [0.15, 0.2) is 6.61 Å². The largest absolute Gasteiger partial charge is 0.495 e. The lowest BCUT2D eigenvalue weighted by molar-refractivity contribution is 0.0473. The molecule has 0 heterocycles. The first-order valence-electron chi connectivity index (χ1n) is 7.46. The van der Waals surface area contributed by atoms with Crippen LogP contribution in [0.1, 0.15) is 20.7 Å². The van der Waals surface area contributed by atoms with Gasteiger partial charge in [-0.1, -0.05) is 0 Å². The summed E-state index contributed by atoms with van der Waals surface area (Å²) >= 11 is 0. The molecular weight excluding hydrogens is 384 g/mol. The van der Waals surface area contributed by atoms with E-state index in [1.54, 1.807) is 0 Å². The molecule has 0 unspecified atom stereocenters. The van der Waals surface area contributed by atoms with Crippen LogP contribution in [-0.2, 0) is 14.8 Å². The molecule has 0 aliphatic carbocycles. The van der Waals surface area contributed by atoms with Gasteiger partial charge in [-0.15, -0.1) is 0 Å². The molecule has 0 fully saturated rings. The minimum atomic E-state index is -3.92. The summed E-state index contributed by atoms with van der Waals surface area (Å²) in [5.41, 5.74) is -0.729.